The third kappa shape index (κ3) is 4.43. The maximum Gasteiger partial charge on any atom is 0.252 e. The number of aryl methyl sites for hydroxylation is 1. The first kappa shape index (κ1) is 19.9. The van der Waals surface area contributed by atoms with E-state index in [1.165, 1.54) is 25.7 Å². The summed E-state index contributed by atoms with van der Waals surface area (Å²) >= 11 is 6.49. The summed E-state index contributed by atoms with van der Waals surface area (Å²) in [6, 6.07) is 5.59. The highest BCUT2D eigenvalue weighted by Gasteiger charge is 2.24. The van der Waals surface area contributed by atoms with E-state index in [0.717, 1.165) is 35.4 Å². The number of aromatic nitrogens is 3. The van der Waals surface area contributed by atoms with Crippen LogP contribution in [0.2, 0.25) is 5.02 Å². The molecule has 1 amide bonds. The summed E-state index contributed by atoms with van der Waals surface area (Å²) in [7, 11) is 0. The van der Waals surface area contributed by atoms with Crippen LogP contribution in [0.25, 0.3) is 10.9 Å². The highest BCUT2D eigenvalue weighted by atomic mass is 35.5. The lowest BCUT2D eigenvalue weighted by Crippen LogP contribution is -2.39. The molecule has 7 heteroatoms. The molecule has 2 N–H and O–H groups in total. The molecule has 1 aliphatic rings. The van der Waals surface area contributed by atoms with Crippen molar-refractivity contribution in [1.29, 1.82) is 0 Å². The lowest BCUT2D eigenvalue weighted by Gasteiger charge is -2.31. The summed E-state index contributed by atoms with van der Waals surface area (Å²) in [6.45, 7) is 4.41. The van der Waals surface area contributed by atoms with E-state index < -0.39 is 0 Å². The van der Waals surface area contributed by atoms with E-state index in [1.54, 1.807) is 6.07 Å². The number of carbonyl (C=O) groups is 1. The Labute approximate surface area is 175 Å². The van der Waals surface area contributed by atoms with E-state index >= 15 is 0 Å². The Morgan fingerprint density at radius 3 is 2.62 bits per heavy atom. The molecule has 152 valence electrons. The number of carbonyl (C=O) groups excluding carboxylic acids is 1. The number of likely N-dealkylation sites (tertiary alicyclic amines) is 1. The first-order valence-corrected chi connectivity index (χ1v) is 10.6. The van der Waals surface area contributed by atoms with E-state index in [9.17, 15) is 4.79 Å². The first-order chi connectivity index (χ1) is 14.1. The maximum absolute atomic E-state index is 12.9. The van der Waals surface area contributed by atoms with E-state index in [4.69, 9.17) is 11.6 Å². The van der Waals surface area contributed by atoms with Gasteiger partial charge in [-0.3, -0.25) is 9.69 Å². The summed E-state index contributed by atoms with van der Waals surface area (Å²) in [5.74, 6) is 0.588. The molecule has 1 unspecified atom stereocenters. The Kier molecular flexibility index (Phi) is 6.11. The van der Waals surface area contributed by atoms with Gasteiger partial charge in [-0.05, 0) is 51.1 Å². The quantitative estimate of drug-likeness (QED) is 0.657. The zero-order valence-corrected chi connectivity index (χ0v) is 17.4. The van der Waals surface area contributed by atoms with Crippen molar-refractivity contribution in [2.45, 2.75) is 38.6 Å². The number of H-pyrrole nitrogens is 1. The van der Waals surface area contributed by atoms with Gasteiger partial charge in [-0.1, -0.05) is 24.4 Å². The molecule has 3 aromatic rings. The molecule has 0 radical (unpaired) electrons. The lowest BCUT2D eigenvalue weighted by atomic mass is 10.1. The largest absolute Gasteiger partial charge is 0.361 e. The molecule has 1 atom stereocenters. The minimum atomic E-state index is -0.161. The summed E-state index contributed by atoms with van der Waals surface area (Å²) in [6.07, 6.45) is 10.4. The Hall–Kier alpha value is -2.44. The van der Waals surface area contributed by atoms with Crippen molar-refractivity contribution in [3.63, 3.8) is 0 Å². The number of halogens is 1. The van der Waals surface area contributed by atoms with Crippen molar-refractivity contribution < 1.29 is 4.79 Å². The SMILES string of the molecule is Cc1ncc(C(CNC(=O)c2ccc3[nH]ccc3c2Cl)N2CCCCCC2)cn1. The average molecular weight is 412 g/mol. The van der Waals surface area contributed by atoms with Crippen LogP contribution >= 0.6 is 11.6 Å². The van der Waals surface area contributed by atoms with Crippen LogP contribution in [0, 0.1) is 6.92 Å². The van der Waals surface area contributed by atoms with E-state index in [-0.39, 0.29) is 11.9 Å². The minimum Gasteiger partial charge on any atom is -0.361 e. The second-order valence-corrected chi connectivity index (χ2v) is 7.98. The first-order valence-electron chi connectivity index (χ1n) is 10.2. The predicted octanol–water partition coefficient (Wildman–Crippen LogP) is 4.27. The van der Waals surface area contributed by atoms with Gasteiger partial charge in [0.15, 0.2) is 0 Å². The molecule has 3 heterocycles. The molecule has 0 aliphatic carbocycles. The van der Waals surface area contributed by atoms with Crippen LogP contribution in [0.1, 0.15) is 53.5 Å². The van der Waals surface area contributed by atoms with Crippen LogP contribution < -0.4 is 5.32 Å². The molecule has 1 aliphatic heterocycles. The Balaban J connectivity index is 1.54. The second kappa shape index (κ2) is 8.93. The molecule has 0 saturated carbocycles. The van der Waals surface area contributed by atoms with Gasteiger partial charge >= 0.3 is 0 Å². The van der Waals surface area contributed by atoms with Crippen molar-refractivity contribution in [3.8, 4) is 0 Å². The fourth-order valence-electron chi connectivity index (χ4n) is 4.00. The summed E-state index contributed by atoms with van der Waals surface area (Å²) < 4.78 is 0. The monoisotopic (exact) mass is 411 g/mol. The van der Waals surface area contributed by atoms with Crippen LogP contribution in [0.3, 0.4) is 0 Å². The summed E-state index contributed by atoms with van der Waals surface area (Å²) in [5.41, 5.74) is 2.45. The van der Waals surface area contributed by atoms with Crippen molar-refractivity contribution in [2.75, 3.05) is 19.6 Å². The molecule has 1 fully saturated rings. The van der Waals surface area contributed by atoms with Crippen LogP contribution in [0.4, 0.5) is 0 Å². The Morgan fingerprint density at radius 1 is 1.17 bits per heavy atom. The van der Waals surface area contributed by atoms with Crippen molar-refractivity contribution in [2.24, 2.45) is 0 Å². The molecule has 1 saturated heterocycles. The number of fused-ring (bicyclic) bond motifs is 1. The molecule has 4 rings (SSSR count). The second-order valence-electron chi connectivity index (χ2n) is 7.61. The minimum absolute atomic E-state index is 0.0485. The molecule has 2 aromatic heterocycles. The number of hydrogen-bond acceptors (Lipinski definition) is 4. The third-order valence-corrected chi connectivity index (χ3v) is 6.04. The lowest BCUT2D eigenvalue weighted by molar-refractivity contribution is 0.0933. The van der Waals surface area contributed by atoms with Gasteiger partial charge in [0.05, 0.1) is 16.6 Å². The molecule has 29 heavy (non-hydrogen) atoms. The van der Waals surface area contributed by atoms with Crippen molar-refractivity contribution >= 4 is 28.4 Å². The topological polar surface area (TPSA) is 73.9 Å². The number of nitrogens with one attached hydrogen (secondary N) is 2. The number of benzene rings is 1. The van der Waals surface area contributed by atoms with Gasteiger partial charge in [-0.15, -0.1) is 0 Å². The van der Waals surface area contributed by atoms with Crippen molar-refractivity contribution in [3.05, 3.63) is 58.8 Å². The van der Waals surface area contributed by atoms with Gasteiger partial charge in [0.1, 0.15) is 5.82 Å². The van der Waals surface area contributed by atoms with E-state index in [1.807, 2.05) is 37.6 Å². The van der Waals surface area contributed by atoms with Gasteiger partial charge in [0.2, 0.25) is 0 Å². The highest BCUT2D eigenvalue weighted by molar-refractivity contribution is 6.38. The third-order valence-electron chi connectivity index (χ3n) is 5.64. The Morgan fingerprint density at radius 2 is 1.90 bits per heavy atom. The number of hydrogen-bond donors (Lipinski definition) is 2. The standard InChI is InChI=1S/C22H26ClN5O/c1-15-25-12-16(13-26-15)20(28-10-4-2-3-5-11-28)14-27-22(29)18-6-7-19-17(21(18)23)8-9-24-19/h6-9,12-13,20,24H,2-5,10-11,14H2,1H3,(H,27,29). The number of nitrogens with zero attached hydrogens (tertiary/aromatic N) is 3. The summed E-state index contributed by atoms with van der Waals surface area (Å²) in [4.78, 5) is 27.2. The zero-order chi connectivity index (χ0) is 20.2. The van der Waals surface area contributed by atoms with Crippen LogP contribution in [0.15, 0.2) is 36.8 Å². The number of aromatic amines is 1. The van der Waals surface area contributed by atoms with E-state index in [2.05, 4.69) is 25.2 Å². The Bertz CT molecular complexity index is 977. The molecule has 1 aromatic carbocycles. The fraction of sp³-hybridized carbons (Fsp3) is 0.409. The van der Waals surface area contributed by atoms with Gasteiger partial charge in [-0.2, -0.15) is 0 Å². The molecule has 0 bridgehead atoms. The summed E-state index contributed by atoms with van der Waals surface area (Å²) in [5, 5.41) is 4.43. The molecule has 6 nitrogen and oxygen atoms in total. The molecule has 0 spiro atoms. The average Bonchev–Trinajstić information content (AvgIpc) is 3.05. The molecular weight excluding hydrogens is 386 g/mol. The van der Waals surface area contributed by atoms with Crippen LogP contribution in [-0.2, 0) is 0 Å². The fourth-order valence-corrected chi connectivity index (χ4v) is 4.31. The van der Waals surface area contributed by atoms with E-state index in [0.29, 0.717) is 17.1 Å². The highest BCUT2D eigenvalue weighted by Crippen LogP contribution is 2.27. The predicted molar refractivity (Wildman–Crippen MR) is 115 cm³/mol. The van der Waals surface area contributed by atoms with Crippen LogP contribution in [0.5, 0.6) is 0 Å². The smallest absolute Gasteiger partial charge is 0.252 e. The number of amides is 1. The van der Waals surface area contributed by atoms with Crippen LogP contribution in [-0.4, -0.2) is 45.4 Å². The van der Waals surface area contributed by atoms with Crippen molar-refractivity contribution in [1.82, 2.24) is 25.2 Å². The number of rotatable bonds is 5. The van der Waals surface area contributed by atoms with Gasteiger partial charge in [0, 0.05) is 41.6 Å². The van der Waals surface area contributed by atoms with Gasteiger partial charge < -0.3 is 10.3 Å². The molecular formula is C22H26ClN5O. The normalized spacial score (nSPS) is 16.5. The van der Waals surface area contributed by atoms with Gasteiger partial charge in [0.25, 0.3) is 5.91 Å². The maximum atomic E-state index is 12.9. The van der Waals surface area contributed by atoms with Gasteiger partial charge in [-0.25, -0.2) is 9.97 Å². The zero-order valence-electron chi connectivity index (χ0n) is 16.6.